The maximum absolute atomic E-state index is 10.7. The first-order valence-electron chi connectivity index (χ1n) is 6.10. The quantitative estimate of drug-likeness (QED) is 0.730. The molecule has 0 unspecified atom stereocenters. The third-order valence-corrected chi connectivity index (χ3v) is 2.80. The lowest BCUT2D eigenvalue weighted by atomic mass is 10.1. The average molecular weight is 234 g/mol. The lowest BCUT2D eigenvalue weighted by Gasteiger charge is -2.13. The highest BCUT2D eigenvalue weighted by Gasteiger charge is 2.01. The van der Waals surface area contributed by atoms with Crippen molar-refractivity contribution in [1.29, 1.82) is 0 Å². The van der Waals surface area contributed by atoms with Gasteiger partial charge < -0.3 is 5.73 Å². The van der Waals surface area contributed by atoms with E-state index in [1.54, 1.807) is 0 Å². The van der Waals surface area contributed by atoms with E-state index in [0.29, 0.717) is 6.54 Å². The molecule has 0 heterocycles. The molecule has 0 fully saturated rings. The van der Waals surface area contributed by atoms with E-state index in [-0.39, 0.29) is 5.91 Å². The van der Waals surface area contributed by atoms with Gasteiger partial charge in [-0.2, -0.15) is 0 Å². The summed E-state index contributed by atoms with van der Waals surface area (Å²) in [6, 6.07) is 8.66. The number of amides is 1. The van der Waals surface area contributed by atoms with E-state index in [1.807, 2.05) is 11.9 Å². The van der Waals surface area contributed by atoms with E-state index in [2.05, 4.69) is 31.2 Å². The summed E-state index contributed by atoms with van der Waals surface area (Å²) in [4.78, 5) is 12.6. The second kappa shape index (κ2) is 7.07. The van der Waals surface area contributed by atoms with E-state index in [9.17, 15) is 4.79 Å². The fourth-order valence-corrected chi connectivity index (χ4v) is 1.81. The van der Waals surface area contributed by atoms with Gasteiger partial charge in [-0.05, 0) is 45.3 Å². The van der Waals surface area contributed by atoms with Crippen LogP contribution in [0.15, 0.2) is 24.3 Å². The van der Waals surface area contributed by atoms with Gasteiger partial charge in [-0.25, -0.2) is 0 Å². The fourth-order valence-electron chi connectivity index (χ4n) is 1.81. The monoisotopic (exact) mass is 234 g/mol. The first kappa shape index (κ1) is 13.7. The van der Waals surface area contributed by atoms with Crippen molar-refractivity contribution in [2.75, 3.05) is 20.1 Å². The zero-order valence-corrected chi connectivity index (χ0v) is 10.8. The van der Waals surface area contributed by atoms with Crippen LogP contribution in [0.5, 0.6) is 0 Å². The lowest BCUT2D eigenvalue weighted by molar-refractivity contribution is -0.118. The van der Waals surface area contributed by atoms with Crippen LogP contribution < -0.4 is 5.73 Å². The van der Waals surface area contributed by atoms with Crippen molar-refractivity contribution in [2.24, 2.45) is 5.73 Å². The number of hydrogen-bond acceptors (Lipinski definition) is 2. The van der Waals surface area contributed by atoms with E-state index < -0.39 is 0 Å². The van der Waals surface area contributed by atoms with Gasteiger partial charge >= 0.3 is 0 Å². The summed E-state index contributed by atoms with van der Waals surface area (Å²) in [7, 11) is 1.93. The molecule has 0 atom stereocenters. The molecule has 0 radical (unpaired) electrons. The van der Waals surface area contributed by atoms with Crippen LogP contribution in [0.25, 0.3) is 0 Å². The molecule has 1 rings (SSSR count). The van der Waals surface area contributed by atoms with E-state index in [4.69, 9.17) is 5.73 Å². The maximum Gasteiger partial charge on any atom is 0.231 e. The maximum atomic E-state index is 10.7. The third kappa shape index (κ3) is 6.07. The van der Waals surface area contributed by atoms with Crippen LogP contribution in [0.3, 0.4) is 0 Å². The SMILES string of the molecule is Cc1ccc(CCCCN(C)CC(N)=O)cc1. The van der Waals surface area contributed by atoms with Crippen molar-refractivity contribution in [1.82, 2.24) is 4.90 Å². The molecule has 1 aromatic rings. The van der Waals surface area contributed by atoms with Crippen molar-refractivity contribution in [3.63, 3.8) is 0 Å². The predicted octanol–water partition coefficient (Wildman–Crippen LogP) is 1.73. The molecule has 2 N–H and O–H groups in total. The second-order valence-electron chi connectivity index (χ2n) is 4.65. The van der Waals surface area contributed by atoms with Gasteiger partial charge in [-0.15, -0.1) is 0 Å². The standard InChI is InChI=1S/C14H22N2O/c1-12-6-8-13(9-7-12)5-3-4-10-16(2)11-14(15)17/h6-9H,3-5,10-11H2,1-2H3,(H2,15,17). The summed E-state index contributed by atoms with van der Waals surface area (Å²) in [5.41, 5.74) is 7.81. The Morgan fingerprint density at radius 3 is 2.47 bits per heavy atom. The zero-order valence-electron chi connectivity index (χ0n) is 10.8. The number of carbonyl (C=O) groups excluding carboxylic acids is 1. The van der Waals surface area contributed by atoms with Gasteiger partial charge in [0.15, 0.2) is 0 Å². The van der Waals surface area contributed by atoms with Gasteiger partial charge in [0.25, 0.3) is 0 Å². The molecule has 1 aromatic carbocycles. The Bertz CT molecular complexity index is 346. The first-order valence-corrected chi connectivity index (χ1v) is 6.10. The van der Waals surface area contributed by atoms with Crippen molar-refractivity contribution < 1.29 is 4.79 Å². The number of likely N-dealkylation sites (N-methyl/N-ethyl adjacent to an activating group) is 1. The lowest BCUT2D eigenvalue weighted by Crippen LogP contribution is -2.31. The number of primary amides is 1. The number of nitrogens with two attached hydrogens (primary N) is 1. The average Bonchev–Trinajstić information content (AvgIpc) is 2.26. The third-order valence-electron chi connectivity index (χ3n) is 2.80. The van der Waals surface area contributed by atoms with Crippen LogP contribution in [-0.2, 0) is 11.2 Å². The highest BCUT2D eigenvalue weighted by Crippen LogP contribution is 2.07. The van der Waals surface area contributed by atoms with Gasteiger partial charge in [0, 0.05) is 0 Å². The summed E-state index contributed by atoms with van der Waals surface area (Å²) < 4.78 is 0. The van der Waals surface area contributed by atoms with Crippen molar-refractivity contribution in [3.8, 4) is 0 Å². The number of hydrogen-bond donors (Lipinski definition) is 1. The molecule has 0 spiro atoms. The van der Waals surface area contributed by atoms with E-state index >= 15 is 0 Å². The summed E-state index contributed by atoms with van der Waals surface area (Å²) in [5.74, 6) is -0.258. The first-order chi connectivity index (χ1) is 8.08. The normalized spacial score (nSPS) is 10.8. The summed E-state index contributed by atoms with van der Waals surface area (Å²) in [5, 5.41) is 0. The Morgan fingerprint density at radius 2 is 1.88 bits per heavy atom. The molecule has 94 valence electrons. The minimum Gasteiger partial charge on any atom is -0.369 e. The molecule has 0 aliphatic carbocycles. The van der Waals surface area contributed by atoms with Gasteiger partial charge in [0.1, 0.15) is 0 Å². The van der Waals surface area contributed by atoms with Crippen LogP contribution in [0.2, 0.25) is 0 Å². The summed E-state index contributed by atoms with van der Waals surface area (Å²) in [6.07, 6.45) is 3.34. The van der Waals surface area contributed by atoms with Crippen LogP contribution in [-0.4, -0.2) is 30.9 Å². The van der Waals surface area contributed by atoms with Gasteiger partial charge in [0.05, 0.1) is 6.54 Å². The van der Waals surface area contributed by atoms with Crippen molar-refractivity contribution in [3.05, 3.63) is 35.4 Å². The molecule has 17 heavy (non-hydrogen) atoms. The Morgan fingerprint density at radius 1 is 1.24 bits per heavy atom. The number of rotatable bonds is 7. The van der Waals surface area contributed by atoms with Crippen molar-refractivity contribution >= 4 is 5.91 Å². The Balaban J connectivity index is 2.15. The minimum absolute atomic E-state index is 0.258. The highest BCUT2D eigenvalue weighted by atomic mass is 16.1. The molecule has 3 nitrogen and oxygen atoms in total. The second-order valence-corrected chi connectivity index (χ2v) is 4.65. The number of aryl methyl sites for hydroxylation is 2. The number of benzene rings is 1. The number of carbonyl (C=O) groups is 1. The van der Waals surface area contributed by atoms with Gasteiger partial charge in [-0.1, -0.05) is 29.8 Å². The number of nitrogens with zero attached hydrogens (tertiary/aromatic N) is 1. The zero-order chi connectivity index (χ0) is 12.7. The van der Waals surface area contributed by atoms with Gasteiger partial charge in [-0.3, -0.25) is 9.69 Å². The largest absolute Gasteiger partial charge is 0.369 e. The van der Waals surface area contributed by atoms with E-state index in [0.717, 1.165) is 25.8 Å². The van der Waals surface area contributed by atoms with Crippen molar-refractivity contribution in [2.45, 2.75) is 26.2 Å². The molecular weight excluding hydrogens is 212 g/mol. The molecular formula is C14H22N2O. The van der Waals surface area contributed by atoms with Crippen LogP contribution in [0, 0.1) is 6.92 Å². The Labute approximate surface area is 104 Å². The molecule has 0 aliphatic rings. The summed E-state index contributed by atoms with van der Waals surface area (Å²) in [6.45, 7) is 3.38. The van der Waals surface area contributed by atoms with Crippen LogP contribution in [0.4, 0.5) is 0 Å². The molecule has 1 amide bonds. The molecule has 0 bridgehead atoms. The molecule has 0 saturated heterocycles. The molecule has 0 aliphatic heterocycles. The van der Waals surface area contributed by atoms with Crippen LogP contribution >= 0.6 is 0 Å². The Kier molecular flexibility index (Phi) is 5.70. The fraction of sp³-hybridized carbons (Fsp3) is 0.500. The van der Waals surface area contributed by atoms with Gasteiger partial charge in [0.2, 0.25) is 5.91 Å². The summed E-state index contributed by atoms with van der Waals surface area (Å²) >= 11 is 0. The topological polar surface area (TPSA) is 46.3 Å². The molecule has 0 saturated carbocycles. The molecule has 0 aromatic heterocycles. The minimum atomic E-state index is -0.258. The smallest absolute Gasteiger partial charge is 0.231 e. The number of unbranched alkanes of at least 4 members (excludes halogenated alkanes) is 1. The predicted molar refractivity (Wildman–Crippen MR) is 70.8 cm³/mol. The Hall–Kier alpha value is -1.35. The highest BCUT2D eigenvalue weighted by molar-refractivity contribution is 5.75. The molecule has 3 heteroatoms. The van der Waals surface area contributed by atoms with E-state index in [1.165, 1.54) is 11.1 Å². The van der Waals surface area contributed by atoms with Crippen LogP contribution in [0.1, 0.15) is 24.0 Å².